The normalized spacial score (nSPS) is 11.0. The third kappa shape index (κ3) is 4.18. The lowest BCUT2D eigenvalue weighted by Crippen LogP contribution is -2.20. The van der Waals surface area contributed by atoms with E-state index in [-0.39, 0.29) is 11.3 Å². The molecule has 0 spiro atoms. The van der Waals surface area contributed by atoms with Crippen molar-refractivity contribution in [3.8, 4) is 5.69 Å². The molecular formula is C23H21N5O3. The second-order valence-electron chi connectivity index (χ2n) is 6.86. The molecule has 0 bridgehead atoms. The molecule has 4 aromatic rings. The van der Waals surface area contributed by atoms with Crippen LogP contribution in [0.4, 0.5) is 11.4 Å². The largest absolute Gasteiger partial charge is 0.459 e. The van der Waals surface area contributed by atoms with Gasteiger partial charge in [0.1, 0.15) is 5.69 Å². The minimum atomic E-state index is -0.422. The number of hydrazone groups is 1. The Morgan fingerprint density at radius 2 is 1.77 bits per heavy atom. The fourth-order valence-electron chi connectivity index (χ4n) is 3.14. The van der Waals surface area contributed by atoms with Gasteiger partial charge in [-0.2, -0.15) is 5.10 Å². The van der Waals surface area contributed by atoms with Crippen molar-refractivity contribution in [2.24, 2.45) is 12.1 Å². The summed E-state index contributed by atoms with van der Waals surface area (Å²) in [6, 6.07) is 20.0. The monoisotopic (exact) mass is 415 g/mol. The summed E-state index contributed by atoms with van der Waals surface area (Å²) in [6.45, 7) is 1.89. The maximum Gasteiger partial charge on any atom is 0.307 e. The second-order valence-corrected chi connectivity index (χ2v) is 6.86. The van der Waals surface area contributed by atoms with Gasteiger partial charge in [0.2, 0.25) is 0 Å². The van der Waals surface area contributed by atoms with E-state index in [2.05, 4.69) is 15.8 Å². The van der Waals surface area contributed by atoms with Gasteiger partial charge in [-0.1, -0.05) is 30.3 Å². The lowest BCUT2D eigenvalue weighted by Gasteiger charge is -2.07. The van der Waals surface area contributed by atoms with E-state index in [4.69, 9.17) is 4.42 Å². The summed E-state index contributed by atoms with van der Waals surface area (Å²) in [5.74, 6) is -0.232. The van der Waals surface area contributed by atoms with Gasteiger partial charge >= 0.3 is 5.91 Å². The molecule has 0 atom stereocenters. The Hall–Kier alpha value is -4.33. The van der Waals surface area contributed by atoms with Crippen molar-refractivity contribution in [2.75, 3.05) is 5.32 Å². The number of para-hydroxylation sites is 1. The summed E-state index contributed by atoms with van der Waals surface area (Å²) in [4.78, 5) is 24.8. The number of amides is 1. The van der Waals surface area contributed by atoms with E-state index in [1.54, 1.807) is 16.8 Å². The third-order valence-electron chi connectivity index (χ3n) is 4.86. The molecule has 2 aromatic heterocycles. The fourth-order valence-corrected chi connectivity index (χ4v) is 3.14. The van der Waals surface area contributed by atoms with Crippen LogP contribution in [0.5, 0.6) is 0 Å². The molecule has 0 fully saturated rings. The Labute approximate surface area is 178 Å². The van der Waals surface area contributed by atoms with Crippen LogP contribution in [0, 0.1) is 6.92 Å². The van der Waals surface area contributed by atoms with Gasteiger partial charge in [-0.25, -0.2) is 10.1 Å². The first kappa shape index (κ1) is 20.0. The van der Waals surface area contributed by atoms with Crippen LogP contribution in [0.3, 0.4) is 0 Å². The molecule has 8 nitrogen and oxygen atoms in total. The predicted octanol–water partition coefficient (Wildman–Crippen LogP) is 3.58. The zero-order chi connectivity index (χ0) is 21.8. The van der Waals surface area contributed by atoms with Crippen molar-refractivity contribution in [1.82, 2.24) is 14.8 Å². The molecule has 0 radical (unpaired) electrons. The predicted molar refractivity (Wildman–Crippen MR) is 119 cm³/mol. The SMILES string of the molecule is Cc1c(Nc2ccc(/C=N\NC(=O)c3ccco3)cc2)c(=O)n(-c2ccccc2)n1C. The quantitative estimate of drug-likeness (QED) is 0.372. The van der Waals surface area contributed by atoms with Crippen LogP contribution in [0.1, 0.15) is 21.8 Å². The Morgan fingerprint density at radius 1 is 1.03 bits per heavy atom. The summed E-state index contributed by atoms with van der Waals surface area (Å²) < 4.78 is 8.45. The molecule has 4 rings (SSSR count). The second kappa shape index (κ2) is 8.58. The molecule has 2 aromatic carbocycles. The van der Waals surface area contributed by atoms with Crippen LogP contribution in [0.25, 0.3) is 5.69 Å². The molecule has 1 amide bonds. The lowest BCUT2D eigenvalue weighted by atomic mass is 10.2. The van der Waals surface area contributed by atoms with Crippen molar-refractivity contribution in [2.45, 2.75) is 6.92 Å². The van der Waals surface area contributed by atoms with Gasteiger partial charge < -0.3 is 9.73 Å². The molecule has 0 aliphatic heterocycles. The van der Waals surface area contributed by atoms with Crippen molar-refractivity contribution in [1.29, 1.82) is 0 Å². The molecular weight excluding hydrogens is 394 g/mol. The highest BCUT2D eigenvalue weighted by Crippen LogP contribution is 2.19. The number of furan rings is 1. The maximum absolute atomic E-state index is 13.0. The van der Waals surface area contributed by atoms with Crippen LogP contribution >= 0.6 is 0 Å². The number of aromatic nitrogens is 2. The van der Waals surface area contributed by atoms with Crippen LogP contribution in [0.2, 0.25) is 0 Å². The van der Waals surface area contributed by atoms with E-state index >= 15 is 0 Å². The first-order valence-corrected chi connectivity index (χ1v) is 9.62. The first-order chi connectivity index (χ1) is 15.0. The van der Waals surface area contributed by atoms with Gasteiger partial charge in [-0.15, -0.1) is 0 Å². The minimum absolute atomic E-state index is 0.127. The Kier molecular flexibility index (Phi) is 5.53. The summed E-state index contributed by atoms with van der Waals surface area (Å²) in [6.07, 6.45) is 2.95. The minimum Gasteiger partial charge on any atom is -0.459 e. The number of hydrogen-bond acceptors (Lipinski definition) is 5. The molecule has 31 heavy (non-hydrogen) atoms. The zero-order valence-corrected chi connectivity index (χ0v) is 17.1. The summed E-state index contributed by atoms with van der Waals surface area (Å²) in [5.41, 5.74) is 5.96. The van der Waals surface area contributed by atoms with E-state index in [1.165, 1.54) is 12.5 Å². The highest BCUT2D eigenvalue weighted by Gasteiger charge is 2.16. The number of rotatable bonds is 6. The molecule has 0 saturated heterocycles. The Morgan fingerprint density at radius 3 is 2.45 bits per heavy atom. The molecule has 0 unspecified atom stereocenters. The average Bonchev–Trinajstić information content (AvgIpc) is 3.40. The molecule has 8 heteroatoms. The molecule has 0 aliphatic rings. The van der Waals surface area contributed by atoms with E-state index in [0.717, 1.165) is 22.6 Å². The van der Waals surface area contributed by atoms with Gasteiger partial charge in [0.25, 0.3) is 5.56 Å². The van der Waals surface area contributed by atoms with Crippen molar-refractivity contribution < 1.29 is 9.21 Å². The number of nitrogens with zero attached hydrogens (tertiary/aromatic N) is 3. The number of carbonyl (C=O) groups excluding carboxylic acids is 1. The van der Waals surface area contributed by atoms with E-state index in [1.807, 2.05) is 73.3 Å². The number of hydrogen-bond donors (Lipinski definition) is 2. The highest BCUT2D eigenvalue weighted by molar-refractivity contribution is 5.92. The highest BCUT2D eigenvalue weighted by atomic mass is 16.3. The van der Waals surface area contributed by atoms with E-state index in [0.29, 0.717) is 5.69 Å². The topological polar surface area (TPSA) is 93.6 Å². The average molecular weight is 415 g/mol. The zero-order valence-electron chi connectivity index (χ0n) is 17.1. The van der Waals surface area contributed by atoms with Crippen molar-refractivity contribution in [3.63, 3.8) is 0 Å². The Bertz CT molecular complexity index is 1270. The third-order valence-corrected chi connectivity index (χ3v) is 4.86. The first-order valence-electron chi connectivity index (χ1n) is 9.62. The van der Waals surface area contributed by atoms with Crippen LogP contribution < -0.4 is 16.3 Å². The van der Waals surface area contributed by atoms with Crippen molar-refractivity contribution >= 4 is 23.5 Å². The molecule has 0 saturated carbocycles. The molecule has 2 N–H and O–H groups in total. The number of nitrogens with one attached hydrogen (secondary N) is 2. The van der Waals surface area contributed by atoms with Gasteiger partial charge in [-0.05, 0) is 48.9 Å². The van der Waals surface area contributed by atoms with Gasteiger partial charge in [0, 0.05) is 12.7 Å². The summed E-state index contributed by atoms with van der Waals surface area (Å²) >= 11 is 0. The molecule has 0 aliphatic carbocycles. The van der Waals surface area contributed by atoms with E-state index < -0.39 is 5.91 Å². The summed E-state index contributed by atoms with van der Waals surface area (Å²) in [7, 11) is 1.85. The van der Waals surface area contributed by atoms with Crippen molar-refractivity contribution in [3.05, 3.63) is 100 Å². The molecule has 156 valence electrons. The fraction of sp³-hybridized carbons (Fsp3) is 0.0870. The maximum atomic E-state index is 13.0. The summed E-state index contributed by atoms with van der Waals surface area (Å²) in [5, 5.41) is 7.14. The van der Waals surface area contributed by atoms with Crippen LogP contribution in [0.15, 0.2) is 87.3 Å². The Balaban J connectivity index is 1.48. The van der Waals surface area contributed by atoms with Crippen LogP contribution in [-0.4, -0.2) is 21.5 Å². The number of anilines is 2. The number of benzene rings is 2. The standard InChI is InChI=1S/C23H21N5O3/c1-16-21(23(30)28(27(16)2)19-7-4-3-5-8-19)25-18-12-10-17(11-13-18)15-24-26-22(29)20-9-6-14-31-20/h3-15,25H,1-2H3,(H,26,29)/b24-15-. The molecule has 2 heterocycles. The smallest absolute Gasteiger partial charge is 0.307 e. The van der Waals surface area contributed by atoms with Gasteiger partial charge in [0.05, 0.1) is 23.9 Å². The lowest BCUT2D eigenvalue weighted by molar-refractivity contribution is 0.0927. The van der Waals surface area contributed by atoms with E-state index in [9.17, 15) is 9.59 Å². The number of carbonyl (C=O) groups is 1. The van der Waals surface area contributed by atoms with Crippen LogP contribution in [-0.2, 0) is 7.05 Å². The van der Waals surface area contributed by atoms with Gasteiger partial charge in [0.15, 0.2) is 5.76 Å². The van der Waals surface area contributed by atoms with Gasteiger partial charge in [-0.3, -0.25) is 14.3 Å².